The van der Waals surface area contributed by atoms with Gasteiger partial charge in [-0.3, -0.25) is 0 Å². The number of anilines is 3. The summed E-state index contributed by atoms with van der Waals surface area (Å²) in [6, 6.07) is 86.8. The highest BCUT2D eigenvalue weighted by atomic mass is 16.3. The number of furan rings is 1. The van der Waals surface area contributed by atoms with E-state index in [4.69, 9.17) is 4.42 Å². The van der Waals surface area contributed by atoms with Gasteiger partial charge in [-0.05, 0) is 94.0 Å². The van der Waals surface area contributed by atoms with Gasteiger partial charge in [-0.15, -0.1) is 0 Å². The van der Waals surface area contributed by atoms with Crippen LogP contribution in [0.4, 0.5) is 17.1 Å². The summed E-state index contributed by atoms with van der Waals surface area (Å²) in [6.45, 7) is 0. The second-order valence-corrected chi connectivity index (χ2v) is 16.1. The lowest BCUT2D eigenvalue weighted by molar-refractivity contribution is 0.671. The molecule has 0 aliphatic carbocycles. The second kappa shape index (κ2) is 15.3. The van der Waals surface area contributed by atoms with E-state index >= 15 is 0 Å². The summed E-state index contributed by atoms with van der Waals surface area (Å²) in [5.41, 5.74) is 17.7. The van der Waals surface area contributed by atoms with Crippen LogP contribution in [0.1, 0.15) is 0 Å². The second-order valence-electron chi connectivity index (χ2n) is 16.1. The van der Waals surface area contributed by atoms with Gasteiger partial charge in [-0.1, -0.05) is 182 Å². The summed E-state index contributed by atoms with van der Waals surface area (Å²) in [6.07, 6.45) is 0. The number of nitrogens with zero attached hydrogens (tertiary/aromatic N) is 2. The maximum atomic E-state index is 6.94. The number of benzene rings is 10. The minimum atomic E-state index is 0.888. The molecule has 3 heteroatoms. The van der Waals surface area contributed by atoms with Crippen LogP contribution in [-0.2, 0) is 0 Å². The van der Waals surface area contributed by atoms with E-state index in [1.54, 1.807) is 0 Å². The Hall–Kier alpha value is -8.40. The lowest BCUT2D eigenvalue weighted by Gasteiger charge is -2.26. The van der Waals surface area contributed by atoms with Crippen LogP contribution in [0.5, 0.6) is 0 Å². The molecule has 296 valence electrons. The van der Waals surface area contributed by atoms with Crippen LogP contribution in [-0.4, -0.2) is 4.57 Å². The van der Waals surface area contributed by atoms with Crippen LogP contribution in [0.3, 0.4) is 0 Å². The fourth-order valence-corrected chi connectivity index (χ4v) is 9.37. The molecule has 0 fully saturated rings. The molecule has 63 heavy (non-hydrogen) atoms. The normalized spacial score (nSPS) is 11.5. The van der Waals surface area contributed by atoms with Gasteiger partial charge in [0.2, 0.25) is 0 Å². The third kappa shape index (κ3) is 6.38. The van der Waals surface area contributed by atoms with Crippen molar-refractivity contribution in [3.8, 4) is 50.2 Å². The Balaban J connectivity index is 0.903. The lowest BCUT2D eigenvalue weighted by Crippen LogP contribution is -2.09. The molecule has 0 aliphatic rings. The zero-order valence-electron chi connectivity index (χ0n) is 34.4. The predicted octanol–water partition coefficient (Wildman–Crippen LogP) is 16.8. The fraction of sp³-hybridized carbons (Fsp3) is 0. The van der Waals surface area contributed by atoms with Gasteiger partial charge in [0.25, 0.3) is 0 Å². The molecule has 0 amide bonds. The summed E-state index contributed by atoms with van der Waals surface area (Å²) >= 11 is 0. The van der Waals surface area contributed by atoms with Crippen molar-refractivity contribution >= 4 is 60.8 Å². The first kappa shape index (κ1) is 36.5. The predicted molar refractivity (Wildman–Crippen MR) is 264 cm³/mol. The molecule has 2 aromatic heterocycles. The van der Waals surface area contributed by atoms with Gasteiger partial charge >= 0.3 is 0 Å². The molecule has 0 aliphatic heterocycles. The third-order valence-corrected chi connectivity index (χ3v) is 12.4. The first-order chi connectivity index (χ1) is 31.2. The van der Waals surface area contributed by atoms with E-state index in [0.29, 0.717) is 0 Å². The number of hydrogen-bond donors (Lipinski definition) is 0. The van der Waals surface area contributed by atoms with E-state index in [1.165, 1.54) is 44.1 Å². The van der Waals surface area contributed by atoms with Crippen LogP contribution in [0.2, 0.25) is 0 Å². The highest BCUT2D eigenvalue weighted by Crippen LogP contribution is 2.42. The Morgan fingerprint density at radius 2 is 0.619 bits per heavy atom. The van der Waals surface area contributed by atoms with Crippen LogP contribution in [0.15, 0.2) is 247 Å². The van der Waals surface area contributed by atoms with Gasteiger partial charge in [-0.25, -0.2) is 0 Å². The largest absolute Gasteiger partial charge is 0.455 e. The molecule has 0 bridgehead atoms. The van der Waals surface area contributed by atoms with E-state index in [0.717, 1.165) is 66.9 Å². The summed E-state index contributed by atoms with van der Waals surface area (Å²) < 4.78 is 9.29. The highest BCUT2D eigenvalue weighted by Gasteiger charge is 2.18. The van der Waals surface area contributed by atoms with Crippen molar-refractivity contribution in [1.29, 1.82) is 0 Å². The molecule has 0 saturated heterocycles. The molecule has 10 aromatic carbocycles. The summed E-state index contributed by atoms with van der Waals surface area (Å²) in [5.74, 6) is 0. The number of hydrogen-bond acceptors (Lipinski definition) is 2. The van der Waals surface area contributed by atoms with Crippen molar-refractivity contribution in [3.63, 3.8) is 0 Å². The topological polar surface area (TPSA) is 21.3 Å². The SMILES string of the molecule is c1ccc(-c2ccc(N(c3ccc(-c4ccccc4)cc3)c3ccc(-c4cccc5c4oc4c(-c6ccc(-n7c8ccccc8c8ccccc87)cc6)cccc45)cc3)cc2)cc1. The molecule has 0 unspecified atom stereocenters. The zero-order chi connectivity index (χ0) is 41.7. The molecular weight excluding hydrogens is 765 g/mol. The molecule has 12 aromatic rings. The Bertz CT molecular complexity index is 3430. The van der Waals surface area contributed by atoms with Gasteiger partial charge in [0.05, 0.1) is 11.0 Å². The standard InChI is InChI=1S/C60H40N2O/c1-3-13-41(14-4-1)43-25-33-47(34-26-43)61(48-35-27-44(28-36-48)42-15-5-2-6-16-42)49-37-29-45(30-38-49)51-19-11-21-55-56-22-12-20-52(60(56)63-59(51)55)46-31-39-50(40-32-46)62-57-23-9-7-17-53(57)54-18-8-10-24-58(54)62/h1-40H. The van der Waals surface area contributed by atoms with Gasteiger partial charge in [0.1, 0.15) is 11.2 Å². The summed E-state index contributed by atoms with van der Waals surface area (Å²) in [7, 11) is 0. The molecule has 0 atom stereocenters. The first-order valence-corrected chi connectivity index (χ1v) is 21.5. The fourth-order valence-electron chi connectivity index (χ4n) is 9.37. The number of aromatic nitrogens is 1. The minimum absolute atomic E-state index is 0.888. The molecule has 0 radical (unpaired) electrons. The van der Waals surface area contributed by atoms with Crippen LogP contribution in [0.25, 0.3) is 93.9 Å². The van der Waals surface area contributed by atoms with Crippen LogP contribution >= 0.6 is 0 Å². The Morgan fingerprint density at radius 3 is 1.06 bits per heavy atom. The Morgan fingerprint density at radius 1 is 0.270 bits per heavy atom. The van der Waals surface area contributed by atoms with Crippen LogP contribution < -0.4 is 4.90 Å². The highest BCUT2D eigenvalue weighted by molar-refractivity contribution is 6.13. The molecule has 2 heterocycles. The minimum Gasteiger partial charge on any atom is -0.455 e. The molecule has 12 rings (SSSR count). The van der Waals surface area contributed by atoms with E-state index in [2.05, 4.69) is 252 Å². The quantitative estimate of drug-likeness (QED) is 0.153. The molecule has 0 saturated carbocycles. The van der Waals surface area contributed by atoms with Crippen molar-refractivity contribution in [3.05, 3.63) is 243 Å². The van der Waals surface area contributed by atoms with Gasteiger partial charge in [0.15, 0.2) is 0 Å². The Labute approximate surface area is 366 Å². The molecule has 0 N–H and O–H groups in total. The van der Waals surface area contributed by atoms with Gasteiger partial charge < -0.3 is 13.9 Å². The number of fused-ring (bicyclic) bond motifs is 6. The first-order valence-electron chi connectivity index (χ1n) is 21.5. The van der Waals surface area contributed by atoms with E-state index in [1.807, 2.05) is 0 Å². The number of para-hydroxylation sites is 4. The van der Waals surface area contributed by atoms with E-state index in [9.17, 15) is 0 Å². The lowest BCUT2D eigenvalue weighted by atomic mass is 9.99. The van der Waals surface area contributed by atoms with Gasteiger partial charge in [0, 0.05) is 55.4 Å². The van der Waals surface area contributed by atoms with Crippen molar-refractivity contribution < 1.29 is 4.42 Å². The third-order valence-electron chi connectivity index (χ3n) is 12.4. The average molecular weight is 805 g/mol. The maximum Gasteiger partial charge on any atom is 0.143 e. The van der Waals surface area contributed by atoms with Crippen molar-refractivity contribution in [2.75, 3.05) is 4.90 Å². The molecule has 0 spiro atoms. The van der Waals surface area contributed by atoms with Crippen molar-refractivity contribution in [2.24, 2.45) is 0 Å². The average Bonchev–Trinajstić information content (AvgIpc) is 3.92. The van der Waals surface area contributed by atoms with Crippen molar-refractivity contribution in [1.82, 2.24) is 4.57 Å². The zero-order valence-corrected chi connectivity index (χ0v) is 34.4. The monoisotopic (exact) mass is 804 g/mol. The number of rotatable bonds is 8. The van der Waals surface area contributed by atoms with E-state index < -0.39 is 0 Å². The summed E-state index contributed by atoms with van der Waals surface area (Å²) in [4.78, 5) is 2.33. The molecule has 3 nitrogen and oxygen atoms in total. The maximum absolute atomic E-state index is 6.94. The van der Waals surface area contributed by atoms with E-state index in [-0.39, 0.29) is 0 Å². The van der Waals surface area contributed by atoms with Crippen molar-refractivity contribution in [2.45, 2.75) is 0 Å². The van der Waals surface area contributed by atoms with Crippen LogP contribution in [0, 0.1) is 0 Å². The molecular formula is C60H40N2O. The Kier molecular flexibility index (Phi) is 8.83. The smallest absolute Gasteiger partial charge is 0.143 e. The van der Waals surface area contributed by atoms with Gasteiger partial charge in [-0.2, -0.15) is 0 Å². The summed E-state index contributed by atoms with van der Waals surface area (Å²) in [5, 5.41) is 4.73.